The molecule has 0 bridgehead atoms. The van der Waals surface area contributed by atoms with Crippen molar-refractivity contribution in [3.63, 3.8) is 0 Å². The van der Waals surface area contributed by atoms with E-state index in [1.807, 2.05) is 31.2 Å². The normalized spacial score (nSPS) is 10.2. The van der Waals surface area contributed by atoms with Gasteiger partial charge in [0.25, 0.3) is 5.91 Å². The molecule has 2 N–H and O–H groups in total. The molecule has 0 unspecified atom stereocenters. The van der Waals surface area contributed by atoms with Crippen LogP contribution in [0.5, 0.6) is 5.75 Å². The average Bonchev–Trinajstić information content (AvgIpc) is 2.98. The number of hydrogen-bond acceptors (Lipinski definition) is 4. The number of carbonyl (C=O) groups excluding carboxylic acids is 1. The van der Waals surface area contributed by atoms with Gasteiger partial charge in [0.15, 0.2) is 5.76 Å². The van der Waals surface area contributed by atoms with Crippen LogP contribution in [0.3, 0.4) is 0 Å². The summed E-state index contributed by atoms with van der Waals surface area (Å²) < 4.78 is 10.5. The minimum Gasteiger partial charge on any atom is -0.493 e. The molecule has 22 heavy (non-hydrogen) atoms. The molecule has 0 fully saturated rings. The first-order valence-electron chi connectivity index (χ1n) is 6.87. The van der Waals surface area contributed by atoms with E-state index in [1.165, 1.54) is 12.1 Å². The minimum absolute atomic E-state index is 0.0165. The Morgan fingerprint density at radius 1 is 1.18 bits per heavy atom. The SMILES string of the molecule is Cc1ccccc1OCCCNC(=O)c1ccc(C(=O)O)o1. The lowest BCUT2D eigenvalue weighted by Gasteiger charge is -2.08. The van der Waals surface area contributed by atoms with Gasteiger partial charge in [-0.2, -0.15) is 0 Å². The van der Waals surface area contributed by atoms with Crippen LogP contribution in [0.25, 0.3) is 0 Å². The van der Waals surface area contributed by atoms with Crippen LogP contribution in [0.2, 0.25) is 0 Å². The van der Waals surface area contributed by atoms with Crippen LogP contribution >= 0.6 is 0 Å². The van der Waals surface area contributed by atoms with E-state index in [4.69, 9.17) is 14.3 Å². The van der Waals surface area contributed by atoms with Crippen molar-refractivity contribution in [1.82, 2.24) is 5.32 Å². The molecule has 0 aliphatic carbocycles. The first kappa shape index (κ1) is 15.6. The van der Waals surface area contributed by atoms with Gasteiger partial charge in [-0.15, -0.1) is 0 Å². The van der Waals surface area contributed by atoms with Crippen molar-refractivity contribution in [2.45, 2.75) is 13.3 Å². The zero-order valence-corrected chi connectivity index (χ0v) is 12.2. The maximum atomic E-state index is 11.7. The molecule has 0 aliphatic heterocycles. The average molecular weight is 303 g/mol. The lowest BCUT2D eigenvalue weighted by Crippen LogP contribution is -2.25. The van der Waals surface area contributed by atoms with Gasteiger partial charge in [0.2, 0.25) is 5.76 Å². The summed E-state index contributed by atoms with van der Waals surface area (Å²) in [6, 6.07) is 10.3. The van der Waals surface area contributed by atoms with Crippen molar-refractivity contribution in [3.8, 4) is 5.75 Å². The molecule has 0 radical (unpaired) electrons. The number of rotatable bonds is 7. The molecule has 0 atom stereocenters. The summed E-state index contributed by atoms with van der Waals surface area (Å²) in [4.78, 5) is 22.4. The third-order valence-corrected chi connectivity index (χ3v) is 3.00. The summed E-state index contributed by atoms with van der Waals surface area (Å²) in [6.45, 7) is 2.85. The van der Waals surface area contributed by atoms with E-state index < -0.39 is 11.9 Å². The topological polar surface area (TPSA) is 88.8 Å². The Morgan fingerprint density at radius 2 is 1.91 bits per heavy atom. The van der Waals surface area contributed by atoms with Gasteiger partial charge in [0, 0.05) is 6.54 Å². The first-order valence-corrected chi connectivity index (χ1v) is 6.87. The van der Waals surface area contributed by atoms with Gasteiger partial charge < -0.3 is 19.6 Å². The van der Waals surface area contributed by atoms with Crippen molar-refractivity contribution in [2.75, 3.05) is 13.2 Å². The van der Waals surface area contributed by atoms with Gasteiger partial charge in [0.05, 0.1) is 6.61 Å². The number of ether oxygens (including phenoxy) is 1. The maximum absolute atomic E-state index is 11.7. The highest BCUT2D eigenvalue weighted by atomic mass is 16.5. The molecule has 2 rings (SSSR count). The Balaban J connectivity index is 1.71. The van der Waals surface area contributed by atoms with Gasteiger partial charge in [-0.1, -0.05) is 18.2 Å². The molecule has 6 heteroatoms. The largest absolute Gasteiger partial charge is 0.493 e. The Hall–Kier alpha value is -2.76. The van der Waals surface area contributed by atoms with Gasteiger partial charge in [-0.05, 0) is 37.1 Å². The molecule has 1 aromatic carbocycles. The third-order valence-electron chi connectivity index (χ3n) is 3.00. The molecular weight excluding hydrogens is 286 g/mol. The fraction of sp³-hybridized carbons (Fsp3) is 0.250. The Morgan fingerprint density at radius 3 is 2.59 bits per heavy atom. The number of aryl methyl sites for hydroxylation is 1. The molecule has 0 spiro atoms. The lowest BCUT2D eigenvalue weighted by molar-refractivity contribution is 0.0659. The Labute approximate surface area is 127 Å². The fourth-order valence-electron chi connectivity index (χ4n) is 1.84. The highest BCUT2D eigenvalue weighted by molar-refractivity contribution is 5.93. The second-order valence-corrected chi connectivity index (χ2v) is 4.69. The van der Waals surface area contributed by atoms with E-state index >= 15 is 0 Å². The van der Waals surface area contributed by atoms with Crippen LogP contribution < -0.4 is 10.1 Å². The van der Waals surface area contributed by atoms with E-state index in [2.05, 4.69) is 5.32 Å². The van der Waals surface area contributed by atoms with E-state index in [0.717, 1.165) is 11.3 Å². The number of hydrogen-bond donors (Lipinski definition) is 2. The summed E-state index contributed by atoms with van der Waals surface area (Å²) in [5.41, 5.74) is 1.06. The summed E-state index contributed by atoms with van der Waals surface area (Å²) in [7, 11) is 0. The van der Waals surface area contributed by atoms with Gasteiger partial charge >= 0.3 is 5.97 Å². The Kier molecular flexibility index (Phi) is 5.19. The highest BCUT2D eigenvalue weighted by Gasteiger charge is 2.14. The fourth-order valence-corrected chi connectivity index (χ4v) is 1.84. The maximum Gasteiger partial charge on any atom is 0.371 e. The number of carboxylic acid groups (broad SMARTS) is 1. The monoisotopic (exact) mass is 303 g/mol. The summed E-state index contributed by atoms with van der Waals surface area (Å²) in [6.07, 6.45) is 0.632. The van der Waals surface area contributed by atoms with Crippen molar-refractivity contribution < 1.29 is 23.8 Å². The number of nitrogens with one attached hydrogen (secondary N) is 1. The molecular formula is C16H17NO5. The number of carbonyl (C=O) groups is 2. The van der Waals surface area contributed by atoms with Gasteiger partial charge in [-0.3, -0.25) is 4.79 Å². The third kappa shape index (κ3) is 4.12. The van der Waals surface area contributed by atoms with Crippen LogP contribution in [-0.2, 0) is 0 Å². The second-order valence-electron chi connectivity index (χ2n) is 4.69. The number of amides is 1. The van der Waals surface area contributed by atoms with E-state index in [0.29, 0.717) is 19.6 Å². The summed E-state index contributed by atoms with van der Waals surface area (Å²) >= 11 is 0. The molecule has 1 amide bonds. The van der Waals surface area contributed by atoms with Gasteiger partial charge in [-0.25, -0.2) is 4.79 Å². The van der Waals surface area contributed by atoms with E-state index in [-0.39, 0.29) is 11.5 Å². The quantitative estimate of drug-likeness (QED) is 0.767. The van der Waals surface area contributed by atoms with Crippen LogP contribution in [0.15, 0.2) is 40.8 Å². The first-order chi connectivity index (χ1) is 10.6. The van der Waals surface area contributed by atoms with Crippen LogP contribution in [0, 0.1) is 6.92 Å². The number of carboxylic acids is 1. The molecule has 6 nitrogen and oxygen atoms in total. The summed E-state index contributed by atoms with van der Waals surface area (Å²) in [5.74, 6) is -1.09. The second kappa shape index (κ2) is 7.31. The number of para-hydroxylation sites is 1. The zero-order chi connectivity index (χ0) is 15.9. The van der Waals surface area contributed by atoms with E-state index in [1.54, 1.807) is 0 Å². The molecule has 0 saturated carbocycles. The predicted octanol–water partition coefficient (Wildman–Crippen LogP) is 2.49. The standard InChI is InChI=1S/C16H17NO5/c1-11-5-2-3-6-12(11)21-10-4-9-17-15(18)13-7-8-14(22-13)16(19)20/h2-3,5-8H,4,9-10H2,1H3,(H,17,18)(H,19,20). The van der Waals surface area contributed by atoms with Crippen LogP contribution in [0.1, 0.15) is 33.1 Å². The van der Waals surface area contributed by atoms with Crippen molar-refractivity contribution in [3.05, 3.63) is 53.5 Å². The highest BCUT2D eigenvalue weighted by Crippen LogP contribution is 2.16. The van der Waals surface area contributed by atoms with E-state index in [9.17, 15) is 9.59 Å². The number of benzene rings is 1. The minimum atomic E-state index is -1.20. The van der Waals surface area contributed by atoms with Crippen LogP contribution in [0.4, 0.5) is 0 Å². The molecule has 0 saturated heterocycles. The van der Waals surface area contributed by atoms with Crippen LogP contribution in [-0.4, -0.2) is 30.1 Å². The summed E-state index contributed by atoms with van der Waals surface area (Å²) in [5, 5.41) is 11.4. The van der Waals surface area contributed by atoms with Crippen molar-refractivity contribution in [2.24, 2.45) is 0 Å². The predicted molar refractivity (Wildman–Crippen MR) is 79.3 cm³/mol. The molecule has 1 aromatic heterocycles. The zero-order valence-electron chi connectivity index (χ0n) is 12.2. The lowest BCUT2D eigenvalue weighted by atomic mass is 10.2. The van der Waals surface area contributed by atoms with Gasteiger partial charge in [0.1, 0.15) is 5.75 Å². The molecule has 0 aliphatic rings. The molecule has 116 valence electrons. The number of furan rings is 1. The van der Waals surface area contributed by atoms with Crippen molar-refractivity contribution in [1.29, 1.82) is 0 Å². The molecule has 2 aromatic rings. The molecule has 1 heterocycles. The Bertz CT molecular complexity index is 662. The smallest absolute Gasteiger partial charge is 0.371 e. The number of aromatic carboxylic acids is 1. The van der Waals surface area contributed by atoms with Crippen molar-refractivity contribution >= 4 is 11.9 Å².